The predicted molar refractivity (Wildman–Crippen MR) is 122 cm³/mol. The molecule has 0 saturated carbocycles. The molecule has 33 heavy (non-hydrogen) atoms. The number of pyridine rings is 1. The van der Waals surface area contributed by atoms with E-state index in [4.69, 9.17) is 11.6 Å². The van der Waals surface area contributed by atoms with Crippen molar-refractivity contribution in [1.29, 1.82) is 0 Å². The molecule has 0 atom stereocenters. The second kappa shape index (κ2) is 9.17. The summed E-state index contributed by atoms with van der Waals surface area (Å²) < 4.78 is 15.0. The Kier molecular flexibility index (Phi) is 6.14. The number of nitro groups is 1. The number of nitrogens with one attached hydrogen (secondary N) is 1. The molecule has 8 nitrogen and oxygen atoms in total. The molecule has 0 unspecified atom stereocenters. The maximum absolute atomic E-state index is 13.5. The molecule has 0 bridgehead atoms. The number of nitrogens with zero attached hydrogens (tertiary/aromatic N) is 4. The van der Waals surface area contributed by atoms with Crippen LogP contribution in [0.2, 0.25) is 5.02 Å². The number of anilines is 1. The molecule has 0 aliphatic carbocycles. The molecule has 2 heterocycles. The van der Waals surface area contributed by atoms with E-state index in [2.05, 4.69) is 15.4 Å². The Morgan fingerprint density at radius 3 is 2.45 bits per heavy atom. The fraction of sp³-hybridized carbons (Fsp3) is 0.0870. The Hall–Kier alpha value is -4.11. The summed E-state index contributed by atoms with van der Waals surface area (Å²) in [6, 6.07) is 13.5. The number of benzene rings is 2. The van der Waals surface area contributed by atoms with Crippen LogP contribution in [0.3, 0.4) is 0 Å². The van der Waals surface area contributed by atoms with E-state index in [1.54, 1.807) is 43.7 Å². The molecule has 2 aromatic carbocycles. The third-order valence-electron chi connectivity index (χ3n) is 4.99. The summed E-state index contributed by atoms with van der Waals surface area (Å²) in [5.41, 5.74) is 2.95. The summed E-state index contributed by atoms with van der Waals surface area (Å²) in [6.45, 7) is 0. The maximum Gasteiger partial charge on any atom is 0.270 e. The topological polar surface area (TPSA) is 103 Å². The summed E-state index contributed by atoms with van der Waals surface area (Å²) in [6.07, 6.45) is 3.15. The van der Waals surface area contributed by atoms with E-state index in [9.17, 15) is 19.3 Å². The highest BCUT2D eigenvalue weighted by Crippen LogP contribution is 2.37. The first-order valence-electron chi connectivity index (χ1n) is 9.79. The molecule has 4 aromatic rings. The zero-order valence-electron chi connectivity index (χ0n) is 17.3. The number of carbonyl (C=O) groups excluding carboxylic acids is 1. The van der Waals surface area contributed by atoms with Gasteiger partial charge in [-0.1, -0.05) is 17.7 Å². The third-order valence-corrected chi connectivity index (χ3v) is 5.34. The SMILES string of the molecule is Cn1nc(-c2ccc(F)cc2)c(-c2ccncc2)c1NC(=O)Cc1ccc([N+](=O)[O-])cc1Cl. The van der Waals surface area contributed by atoms with E-state index >= 15 is 0 Å². The van der Waals surface area contributed by atoms with E-state index in [-0.39, 0.29) is 28.9 Å². The highest BCUT2D eigenvalue weighted by molar-refractivity contribution is 6.31. The van der Waals surface area contributed by atoms with Crippen molar-refractivity contribution < 1.29 is 14.1 Å². The van der Waals surface area contributed by atoms with E-state index in [1.165, 1.54) is 35.0 Å². The Morgan fingerprint density at radius 1 is 1.12 bits per heavy atom. The molecule has 4 rings (SSSR count). The van der Waals surface area contributed by atoms with Crippen molar-refractivity contribution in [3.63, 3.8) is 0 Å². The third kappa shape index (κ3) is 4.73. The number of hydrogen-bond acceptors (Lipinski definition) is 5. The molecule has 0 aliphatic rings. The first-order valence-corrected chi connectivity index (χ1v) is 10.2. The average molecular weight is 466 g/mol. The fourth-order valence-electron chi connectivity index (χ4n) is 3.41. The zero-order chi connectivity index (χ0) is 23.5. The maximum atomic E-state index is 13.5. The van der Waals surface area contributed by atoms with Gasteiger partial charge in [-0.05, 0) is 47.5 Å². The van der Waals surface area contributed by atoms with Crippen LogP contribution in [0.5, 0.6) is 0 Å². The Labute approximate surface area is 192 Å². The van der Waals surface area contributed by atoms with Crippen LogP contribution in [0, 0.1) is 15.9 Å². The minimum absolute atomic E-state index is 0.0936. The van der Waals surface area contributed by atoms with Crippen LogP contribution in [-0.2, 0) is 18.3 Å². The largest absolute Gasteiger partial charge is 0.310 e. The normalized spacial score (nSPS) is 10.8. The van der Waals surface area contributed by atoms with Gasteiger partial charge < -0.3 is 5.32 Å². The molecular formula is C23H17ClFN5O3. The van der Waals surface area contributed by atoms with Crippen LogP contribution >= 0.6 is 11.6 Å². The van der Waals surface area contributed by atoms with Crippen molar-refractivity contribution in [1.82, 2.24) is 14.8 Å². The Balaban J connectivity index is 1.70. The first kappa shape index (κ1) is 22.1. The number of aryl methyl sites for hydroxylation is 1. The highest BCUT2D eigenvalue weighted by Gasteiger charge is 2.22. The van der Waals surface area contributed by atoms with Gasteiger partial charge in [0.1, 0.15) is 17.3 Å². The van der Waals surface area contributed by atoms with E-state index < -0.39 is 4.92 Å². The monoisotopic (exact) mass is 465 g/mol. The molecule has 1 amide bonds. The molecule has 0 spiro atoms. The first-order chi connectivity index (χ1) is 15.8. The fourth-order valence-corrected chi connectivity index (χ4v) is 3.65. The number of rotatable bonds is 6. The van der Waals surface area contributed by atoms with Gasteiger partial charge in [0.25, 0.3) is 5.69 Å². The summed E-state index contributed by atoms with van der Waals surface area (Å²) in [4.78, 5) is 27.3. The number of amides is 1. The van der Waals surface area contributed by atoms with Crippen LogP contribution in [0.4, 0.5) is 15.9 Å². The van der Waals surface area contributed by atoms with Crippen molar-refractivity contribution in [2.75, 3.05) is 5.32 Å². The molecule has 1 N–H and O–H groups in total. The summed E-state index contributed by atoms with van der Waals surface area (Å²) in [5.74, 6) is -0.313. The Bertz CT molecular complexity index is 1340. The lowest BCUT2D eigenvalue weighted by Crippen LogP contribution is -2.17. The van der Waals surface area contributed by atoms with Gasteiger partial charge in [-0.3, -0.25) is 24.6 Å². The van der Waals surface area contributed by atoms with Crippen LogP contribution in [0.25, 0.3) is 22.4 Å². The lowest BCUT2D eigenvalue weighted by Gasteiger charge is -2.10. The standard InChI is InChI=1S/C23H17ClFN5O3/c1-29-23(27-20(31)12-16-4-7-18(30(32)33)13-19(16)24)21(14-8-10-26-11-9-14)22(28-29)15-2-5-17(25)6-3-15/h2-11,13H,12H2,1H3,(H,27,31). The molecule has 166 valence electrons. The average Bonchev–Trinajstić information content (AvgIpc) is 3.12. The molecule has 10 heteroatoms. The van der Waals surface area contributed by atoms with Crippen molar-refractivity contribution in [2.45, 2.75) is 6.42 Å². The van der Waals surface area contributed by atoms with Crippen molar-refractivity contribution in [3.8, 4) is 22.4 Å². The summed E-state index contributed by atoms with van der Waals surface area (Å²) >= 11 is 6.14. The van der Waals surface area contributed by atoms with Crippen LogP contribution in [-0.4, -0.2) is 25.6 Å². The minimum Gasteiger partial charge on any atom is -0.310 e. The molecule has 0 radical (unpaired) electrons. The number of hydrogen-bond donors (Lipinski definition) is 1. The molecule has 0 saturated heterocycles. The van der Waals surface area contributed by atoms with Gasteiger partial charge >= 0.3 is 0 Å². The van der Waals surface area contributed by atoms with E-state index in [0.717, 1.165) is 5.56 Å². The predicted octanol–water partition coefficient (Wildman–Crippen LogP) is 5.03. The van der Waals surface area contributed by atoms with Gasteiger partial charge in [0.15, 0.2) is 0 Å². The Morgan fingerprint density at radius 2 is 1.82 bits per heavy atom. The molecular weight excluding hydrogens is 449 g/mol. The van der Waals surface area contributed by atoms with Crippen LogP contribution in [0.15, 0.2) is 67.0 Å². The van der Waals surface area contributed by atoms with Gasteiger partial charge in [-0.25, -0.2) is 4.39 Å². The van der Waals surface area contributed by atoms with Gasteiger partial charge in [-0.2, -0.15) is 5.10 Å². The van der Waals surface area contributed by atoms with Gasteiger partial charge in [0, 0.05) is 37.1 Å². The number of nitro benzene ring substituents is 1. The van der Waals surface area contributed by atoms with Crippen molar-refractivity contribution >= 4 is 29.0 Å². The lowest BCUT2D eigenvalue weighted by atomic mass is 10.0. The number of non-ortho nitro benzene ring substituents is 1. The second-order valence-electron chi connectivity index (χ2n) is 7.20. The van der Waals surface area contributed by atoms with Crippen molar-refractivity contribution in [2.24, 2.45) is 7.05 Å². The van der Waals surface area contributed by atoms with Crippen LogP contribution in [0.1, 0.15) is 5.56 Å². The van der Waals surface area contributed by atoms with E-state index in [1.807, 2.05) is 0 Å². The van der Waals surface area contributed by atoms with E-state index in [0.29, 0.717) is 28.2 Å². The molecule has 2 aromatic heterocycles. The lowest BCUT2D eigenvalue weighted by molar-refractivity contribution is -0.384. The van der Waals surface area contributed by atoms with Gasteiger partial charge in [0.05, 0.1) is 21.9 Å². The summed E-state index contributed by atoms with van der Waals surface area (Å²) in [5, 5.41) is 18.5. The number of aromatic nitrogens is 3. The molecule has 0 aliphatic heterocycles. The van der Waals surface area contributed by atoms with Gasteiger partial charge in [0.2, 0.25) is 5.91 Å². The van der Waals surface area contributed by atoms with Crippen molar-refractivity contribution in [3.05, 3.63) is 93.5 Å². The zero-order valence-corrected chi connectivity index (χ0v) is 18.1. The van der Waals surface area contributed by atoms with Crippen LogP contribution < -0.4 is 5.32 Å². The number of halogens is 2. The smallest absolute Gasteiger partial charge is 0.270 e. The highest BCUT2D eigenvalue weighted by atomic mass is 35.5. The van der Waals surface area contributed by atoms with Gasteiger partial charge in [-0.15, -0.1) is 0 Å². The molecule has 0 fully saturated rings. The quantitative estimate of drug-likeness (QED) is 0.317. The second-order valence-corrected chi connectivity index (χ2v) is 7.60. The summed E-state index contributed by atoms with van der Waals surface area (Å²) in [7, 11) is 1.69. The minimum atomic E-state index is -0.552. The number of carbonyl (C=O) groups is 1.